The second kappa shape index (κ2) is 7.04. The molecule has 1 aliphatic rings. The second-order valence-electron chi connectivity index (χ2n) is 5.34. The van der Waals surface area contributed by atoms with Crippen LogP contribution in [0.4, 0.5) is 0 Å². The standard InChI is InChI=1S/C16H26N2O/c1-3-13-5-7-14(8-6-13)11-15(17)16-12-18(4-2)9-10-19-16/h5-8,15-16H,3-4,9-12,17H2,1-2H3. The maximum atomic E-state index is 6.32. The summed E-state index contributed by atoms with van der Waals surface area (Å²) in [5.74, 6) is 0. The van der Waals surface area contributed by atoms with Gasteiger partial charge in [-0.05, 0) is 30.5 Å². The number of nitrogens with zero attached hydrogens (tertiary/aromatic N) is 1. The zero-order valence-electron chi connectivity index (χ0n) is 12.1. The molecule has 2 rings (SSSR count). The lowest BCUT2D eigenvalue weighted by Gasteiger charge is -2.35. The Hall–Kier alpha value is -0.900. The first-order chi connectivity index (χ1) is 9.22. The van der Waals surface area contributed by atoms with Crippen molar-refractivity contribution in [2.75, 3.05) is 26.2 Å². The van der Waals surface area contributed by atoms with Crippen LogP contribution in [0.1, 0.15) is 25.0 Å². The van der Waals surface area contributed by atoms with Crippen molar-refractivity contribution in [1.82, 2.24) is 4.90 Å². The van der Waals surface area contributed by atoms with Crippen LogP contribution in [0.5, 0.6) is 0 Å². The summed E-state index contributed by atoms with van der Waals surface area (Å²) in [5, 5.41) is 0. The van der Waals surface area contributed by atoms with E-state index in [-0.39, 0.29) is 12.1 Å². The van der Waals surface area contributed by atoms with Crippen LogP contribution in [0, 0.1) is 0 Å². The van der Waals surface area contributed by atoms with Crippen molar-refractivity contribution in [3.8, 4) is 0 Å². The van der Waals surface area contributed by atoms with E-state index in [1.54, 1.807) is 0 Å². The summed E-state index contributed by atoms with van der Waals surface area (Å²) in [5.41, 5.74) is 9.00. The molecule has 3 nitrogen and oxygen atoms in total. The first-order valence-corrected chi connectivity index (χ1v) is 7.40. The zero-order chi connectivity index (χ0) is 13.7. The zero-order valence-corrected chi connectivity index (χ0v) is 12.1. The summed E-state index contributed by atoms with van der Waals surface area (Å²) >= 11 is 0. The van der Waals surface area contributed by atoms with Gasteiger partial charge in [-0.3, -0.25) is 4.90 Å². The highest BCUT2D eigenvalue weighted by Gasteiger charge is 2.25. The number of aryl methyl sites for hydroxylation is 1. The Labute approximate surface area is 116 Å². The Balaban J connectivity index is 1.90. The Morgan fingerprint density at radius 1 is 1.26 bits per heavy atom. The average Bonchev–Trinajstić information content (AvgIpc) is 2.48. The van der Waals surface area contributed by atoms with E-state index in [4.69, 9.17) is 10.5 Å². The molecule has 2 atom stereocenters. The van der Waals surface area contributed by atoms with E-state index < -0.39 is 0 Å². The minimum atomic E-state index is 0.0850. The van der Waals surface area contributed by atoms with Crippen molar-refractivity contribution < 1.29 is 4.74 Å². The second-order valence-corrected chi connectivity index (χ2v) is 5.34. The largest absolute Gasteiger partial charge is 0.374 e. The molecule has 0 aliphatic carbocycles. The topological polar surface area (TPSA) is 38.5 Å². The molecule has 0 bridgehead atoms. The lowest BCUT2D eigenvalue weighted by molar-refractivity contribution is -0.0385. The SMILES string of the molecule is CCc1ccc(CC(N)C2CN(CC)CCO2)cc1. The molecule has 106 valence electrons. The lowest BCUT2D eigenvalue weighted by Crippen LogP contribution is -2.51. The number of benzene rings is 1. The molecule has 0 aromatic heterocycles. The molecular formula is C16H26N2O. The Morgan fingerprint density at radius 2 is 1.95 bits per heavy atom. The quantitative estimate of drug-likeness (QED) is 0.880. The molecule has 0 saturated carbocycles. The summed E-state index contributed by atoms with van der Waals surface area (Å²) < 4.78 is 5.82. The highest BCUT2D eigenvalue weighted by molar-refractivity contribution is 5.23. The molecule has 1 aromatic carbocycles. The molecule has 2 unspecified atom stereocenters. The molecule has 3 heteroatoms. The highest BCUT2D eigenvalue weighted by atomic mass is 16.5. The third-order valence-electron chi connectivity index (χ3n) is 4.00. The molecule has 2 N–H and O–H groups in total. The first kappa shape index (κ1) is 14.5. The maximum absolute atomic E-state index is 6.32. The summed E-state index contributed by atoms with van der Waals surface area (Å²) in [6.07, 6.45) is 2.15. The number of ether oxygens (including phenoxy) is 1. The van der Waals surface area contributed by atoms with Gasteiger partial charge in [0.2, 0.25) is 0 Å². The van der Waals surface area contributed by atoms with Gasteiger partial charge in [0.05, 0.1) is 12.7 Å². The first-order valence-electron chi connectivity index (χ1n) is 7.40. The molecule has 0 amide bonds. The van der Waals surface area contributed by atoms with Crippen molar-refractivity contribution >= 4 is 0 Å². The van der Waals surface area contributed by atoms with Crippen LogP contribution < -0.4 is 5.73 Å². The molecule has 0 radical (unpaired) electrons. The van der Waals surface area contributed by atoms with Crippen LogP contribution in [0.3, 0.4) is 0 Å². The van der Waals surface area contributed by atoms with Gasteiger partial charge in [0.1, 0.15) is 0 Å². The average molecular weight is 262 g/mol. The van der Waals surface area contributed by atoms with Gasteiger partial charge in [-0.2, -0.15) is 0 Å². The van der Waals surface area contributed by atoms with E-state index in [2.05, 4.69) is 43.0 Å². The Kier molecular flexibility index (Phi) is 5.37. The van der Waals surface area contributed by atoms with E-state index in [9.17, 15) is 0 Å². The number of nitrogens with two attached hydrogens (primary N) is 1. The molecule has 1 aliphatic heterocycles. The maximum Gasteiger partial charge on any atom is 0.0856 e. The lowest BCUT2D eigenvalue weighted by atomic mass is 9.99. The predicted octanol–water partition coefficient (Wildman–Crippen LogP) is 1.84. The van der Waals surface area contributed by atoms with Gasteiger partial charge >= 0.3 is 0 Å². The summed E-state index contributed by atoms with van der Waals surface area (Å²) in [6, 6.07) is 8.87. The summed E-state index contributed by atoms with van der Waals surface area (Å²) in [7, 11) is 0. The fourth-order valence-electron chi connectivity index (χ4n) is 2.59. The summed E-state index contributed by atoms with van der Waals surface area (Å²) in [4.78, 5) is 2.41. The number of hydrogen-bond acceptors (Lipinski definition) is 3. The summed E-state index contributed by atoms with van der Waals surface area (Å²) in [6.45, 7) is 8.25. The fraction of sp³-hybridized carbons (Fsp3) is 0.625. The Bertz CT molecular complexity index is 377. The molecule has 0 spiro atoms. The molecule has 1 fully saturated rings. The van der Waals surface area contributed by atoms with Crippen LogP contribution in [0.25, 0.3) is 0 Å². The van der Waals surface area contributed by atoms with Crippen molar-refractivity contribution in [3.63, 3.8) is 0 Å². The number of hydrogen-bond donors (Lipinski definition) is 1. The van der Waals surface area contributed by atoms with Crippen LogP contribution in [0.2, 0.25) is 0 Å². The van der Waals surface area contributed by atoms with E-state index in [1.165, 1.54) is 11.1 Å². The molecular weight excluding hydrogens is 236 g/mol. The van der Waals surface area contributed by atoms with Gasteiger partial charge in [-0.25, -0.2) is 0 Å². The molecule has 1 aromatic rings. The highest BCUT2D eigenvalue weighted by Crippen LogP contribution is 2.13. The van der Waals surface area contributed by atoms with E-state index in [1.807, 2.05) is 0 Å². The third kappa shape index (κ3) is 4.03. The van der Waals surface area contributed by atoms with Crippen molar-refractivity contribution in [2.45, 2.75) is 38.8 Å². The van der Waals surface area contributed by atoms with Crippen LogP contribution >= 0.6 is 0 Å². The van der Waals surface area contributed by atoms with Crippen molar-refractivity contribution in [3.05, 3.63) is 35.4 Å². The van der Waals surface area contributed by atoms with E-state index in [0.29, 0.717) is 0 Å². The Morgan fingerprint density at radius 3 is 2.58 bits per heavy atom. The van der Waals surface area contributed by atoms with Crippen molar-refractivity contribution in [2.24, 2.45) is 5.73 Å². The van der Waals surface area contributed by atoms with Gasteiger partial charge in [-0.15, -0.1) is 0 Å². The van der Waals surface area contributed by atoms with E-state index >= 15 is 0 Å². The van der Waals surface area contributed by atoms with Crippen LogP contribution in [-0.4, -0.2) is 43.3 Å². The smallest absolute Gasteiger partial charge is 0.0856 e. The number of rotatable bonds is 5. The van der Waals surface area contributed by atoms with Crippen molar-refractivity contribution in [1.29, 1.82) is 0 Å². The minimum Gasteiger partial charge on any atom is -0.374 e. The van der Waals surface area contributed by atoms with Gasteiger partial charge in [0.25, 0.3) is 0 Å². The molecule has 1 heterocycles. The minimum absolute atomic E-state index is 0.0850. The van der Waals surface area contributed by atoms with Crippen LogP contribution in [0.15, 0.2) is 24.3 Å². The van der Waals surface area contributed by atoms with Crippen LogP contribution in [-0.2, 0) is 17.6 Å². The monoisotopic (exact) mass is 262 g/mol. The molecule has 1 saturated heterocycles. The third-order valence-corrected chi connectivity index (χ3v) is 4.00. The number of likely N-dealkylation sites (N-methyl/N-ethyl adjacent to an activating group) is 1. The van der Waals surface area contributed by atoms with Gasteiger partial charge < -0.3 is 10.5 Å². The van der Waals surface area contributed by atoms with Gasteiger partial charge in [0.15, 0.2) is 0 Å². The predicted molar refractivity (Wildman–Crippen MR) is 79.4 cm³/mol. The van der Waals surface area contributed by atoms with Gasteiger partial charge in [0, 0.05) is 19.1 Å². The fourth-order valence-corrected chi connectivity index (χ4v) is 2.59. The number of morpholine rings is 1. The van der Waals surface area contributed by atoms with Gasteiger partial charge in [-0.1, -0.05) is 38.1 Å². The molecule has 19 heavy (non-hydrogen) atoms. The van der Waals surface area contributed by atoms with E-state index in [0.717, 1.165) is 39.1 Å². The normalized spacial score (nSPS) is 22.4.